The Morgan fingerprint density at radius 1 is 1.35 bits per heavy atom. The van der Waals surface area contributed by atoms with Gasteiger partial charge in [0.15, 0.2) is 5.82 Å². The number of urea groups is 1. The SMILES string of the molecule is COc1ccc(-c2n[nH]c(CNC(=O)Nc3nncs3)n2)cc1. The summed E-state index contributed by atoms with van der Waals surface area (Å²) in [5, 5.41) is 19.9. The molecule has 0 unspecified atom stereocenters. The standard InChI is InChI=1S/C13H13N7O2S/c1-22-9-4-2-8(3-5-9)11-16-10(18-19-11)6-14-12(21)17-13-20-15-7-23-13/h2-5,7H,6H2,1H3,(H,16,18,19)(H2,14,17,20,21). The van der Waals surface area contributed by atoms with Gasteiger partial charge in [-0.2, -0.15) is 5.10 Å². The summed E-state index contributed by atoms with van der Waals surface area (Å²) in [7, 11) is 1.61. The minimum atomic E-state index is -0.385. The van der Waals surface area contributed by atoms with Crippen molar-refractivity contribution in [1.82, 2.24) is 30.7 Å². The number of hydrogen-bond donors (Lipinski definition) is 3. The second-order valence-electron chi connectivity index (χ2n) is 4.39. The monoisotopic (exact) mass is 331 g/mol. The molecule has 1 aromatic carbocycles. The first-order valence-electron chi connectivity index (χ1n) is 6.61. The van der Waals surface area contributed by atoms with Gasteiger partial charge in [0.2, 0.25) is 5.13 Å². The first-order chi connectivity index (χ1) is 11.2. The summed E-state index contributed by atoms with van der Waals surface area (Å²) >= 11 is 1.24. The van der Waals surface area contributed by atoms with E-state index >= 15 is 0 Å². The number of anilines is 1. The molecule has 0 aliphatic rings. The minimum absolute atomic E-state index is 0.216. The van der Waals surface area contributed by atoms with E-state index in [-0.39, 0.29) is 12.6 Å². The number of aromatic nitrogens is 5. The molecule has 9 nitrogen and oxygen atoms in total. The lowest BCUT2D eigenvalue weighted by molar-refractivity contribution is 0.251. The largest absolute Gasteiger partial charge is 0.497 e. The lowest BCUT2D eigenvalue weighted by Crippen LogP contribution is -2.28. The number of nitrogens with zero attached hydrogens (tertiary/aromatic N) is 4. The lowest BCUT2D eigenvalue weighted by Gasteiger charge is -2.02. The quantitative estimate of drug-likeness (QED) is 0.654. The summed E-state index contributed by atoms with van der Waals surface area (Å²) in [6, 6.07) is 7.00. The predicted molar refractivity (Wildman–Crippen MR) is 84.1 cm³/mol. The molecule has 23 heavy (non-hydrogen) atoms. The molecule has 2 aromatic heterocycles. The van der Waals surface area contributed by atoms with Crippen LogP contribution in [0.3, 0.4) is 0 Å². The summed E-state index contributed by atoms with van der Waals surface area (Å²) < 4.78 is 5.11. The third kappa shape index (κ3) is 3.80. The van der Waals surface area contributed by atoms with Crippen molar-refractivity contribution >= 4 is 22.5 Å². The van der Waals surface area contributed by atoms with Gasteiger partial charge in [-0.25, -0.2) is 9.78 Å². The van der Waals surface area contributed by atoms with E-state index in [4.69, 9.17) is 4.74 Å². The van der Waals surface area contributed by atoms with E-state index in [0.717, 1.165) is 11.3 Å². The second-order valence-corrected chi connectivity index (χ2v) is 5.22. The van der Waals surface area contributed by atoms with E-state index in [2.05, 4.69) is 36.0 Å². The van der Waals surface area contributed by atoms with Crippen LogP contribution in [0.15, 0.2) is 29.8 Å². The molecular formula is C13H13N7O2S. The van der Waals surface area contributed by atoms with Crippen molar-refractivity contribution in [3.63, 3.8) is 0 Å². The molecule has 0 aliphatic heterocycles. The molecule has 3 rings (SSSR count). The van der Waals surface area contributed by atoms with Crippen LogP contribution in [-0.2, 0) is 6.54 Å². The van der Waals surface area contributed by atoms with Crippen LogP contribution in [0.5, 0.6) is 5.75 Å². The molecule has 10 heteroatoms. The smallest absolute Gasteiger partial charge is 0.321 e. The molecule has 3 N–H and O–H groups in total. The maximum Gasteiger partial charge on any atom is 0.321 e. The number of methoxy groups -OCH3 is 1. The Morgan fingerprint density at radius 3 is 2.87 bits per heavy atom. The van der Waals surface area contributed by atoms with Gasteiger partial charge < -0.3 is 10.1 Å². The van der Waals surface area contributed by atoms with E-state index in [1.807, 2.05) is 24.3 Å². The topological polar surface area (TPSA) is 118 Å². The van der Waals surface area contributed by atoms with Gasteiger partial charge in [0.1, 0.15) is 17.1 Å². The zero-order valence-corrected chi connectivity index (χ0v) is 12.9. The van der Waals surface area contributed by atoms with E-state index in [1.54, 1.807) is 7.11 Å². The van der Waals surface area contributed by atoms with Crippen LogP contribution in [0.1, 0.15) is 5.82 Å². The first-order valence-corrected chi connectivity index (χ1v) is 7.49. The van der Waals surface area contributed by atoms with Crippen molar-refractivity contribution in [1.29, 1.82) is 0 Å². The molecule has 0 radical (unpaired) electrons. The fraction of sp³-hybridized carbons (Fsp3) is 0.154. The lowest BCUT2D eigenvalue weighted by atomic mass is 10.2. The van der Waals surface area contributed by atoms with Gasteiger partial charge in [-0.15, -0.1) is 10.2 Å². The number of hydrogen-bond acceptors (Lipinski definition) is 7. The van der Waals surface area contributed by atoms with Gasteiger partial charge in [-0.3, -0.25) is 10.4 Å². The maximum atomic E-state index is 11.7. The van der Waals surface area contributed by atoms with Crippen LogP contribution in [0.2, 0.25) is 0 Å². The van der Waals surface area contributed by atoms with Crippen LogP contribution < -0.4 is 15.4 Å². The van der Waals surface area contributed by atoms with E-state index in [0.29, 0.717) is 16.8 Å². The van der Waals surface area contributed by atoms with Gasteiger partial charge in [-0.05, 0) is 24.3 Å². The first kappa shape index (κ1) is 14.9. The number of benzene rings is 1. The molecule has 0 fully saturated rings. The molecule has 2 amide bonds. The molecule has 0 spiro atoms. The molecule has 2 heterocycles. The predicted octanol–water partition coefficient (Wildman–Crippen LogP) is 1.65. The zero-order chi connectivity index (χ0) is 16.1. The molecule has 0 saturated carbocycles. The fourth-order valence-electron chi connectivity index (χ4n) is 1.78. The second kappa shape index (κ2) is 6.83. The van der Waals surface area contributed by atoms with Crippen LogP contribution in [-0.4, -0.2) is 38.5 Å². The van der Waals surface area contributed by atoms with Crippen molar-refractivity contribution in [3.8, 4) is 17.1 Å². The summed E-state index contributed by atoms with van der Waals surface area (Å²) in [5.41, 5.74) is 2.39. The molecule has 0 atom stereocenters. The molecular weight excluding hydrogens is 318 g/mol. The van der Waals surface area contributed by atoms with Gasteiger partial charge >= 0.3 is 6.03 Å². The van der Waals surface area contributed by atoms with Gasteiger partial charge in [0, 0.05) is 5.56 Å². The molecule has 0 bridgehead atoms. The van der Waals surface area contributed by atoms with Crippen LogP contribution in [0.4, 0.5) is 9.93 Å². The Morgan fingerprint density at radius 2 is 2.17 bits per heavy atom. The van der Waals surface area contributed by atoms with E-state index in [9.17, 15) is 4.79 Å². The number of ether oxygens (including phenoxy) is 1. The van der Waals surface area contributed by atoms with Crippen LogP contribution >= 0.6 is 11.3 Å². The average molecular weight is 331 g/mol. The number of nitrogens with one attached hydrogen (secondary N) is 3. The third-order valence-corrected chi connectivity index (χ3v) is 3.48. The van der Waals surface area contributed by atoms with Gasteiger partial charge in [0.25, 0.3) is 0 Å². The molecule has 3 aromatic rings. The van der Waals surface area contributed by atoms with E-state index in [1.165, 1.54) is 16.8 Å². The summed E-state index contributed by atoms with van der Waals surface area (Å²) in [4.78, 5) is 16.0. The van der Waals surface area contributed by atoms with Crippen molar-refractivity contribution < 1.29 is 9.53 Å². The summed E-state index contributed by atoms with van der Waals surface area (Å²) in [6.07, 6.45) is 0. The highest BCUT2D eigenvalue weighted by Gasteiger charge is 2.08. The Labute approximate surface area is 135 Å². The number of H-pyrrole nitrogens is 1. The maximum absolute atomic E-state index is 11.7. The Hall–Kier alpha value is -3.01. The average Bonchev–Trinajstić information content (AvgIpc) is 3.25. The van der Waals surface area contributed by atoms with Crippen LogP contribution in [0.25, 0.3) is 11.4 Å². The summed E-state index contributed by atoms with van der Waals surface area (Å²) in [6.45, 7) is 0.216. The van der Waals surface area contributed by atoms with Crippen LogP contribution in [0, 0.1) is 0 Å². The Kier molecular flexibility index (Phi) is 4.43. The molecule has 118 valence electrons. The normalized spacial score (nSPS) is 10.3. The number of aromatic amines is 1. The number of amides is 2. The van der Waals surface area contributed by atoms with Crippen molar-refractivity contribution in [2.24, 2.45) is 0 Å². The van der Waals surface area contributed by atoms with E-state index < -0.39 is 0 Å². The van der Waals surface area contributed by atoms with Crippen molar-refractivity contribution in [2.45, 2.75) is 6.54 Å². The van der Waals surface area contributed by atoms with Gasteiger partial charge in [-0.1, -0.05) is 11.3 Å². The minimum Gasteiger partial charge on any atom is -0.497 e. The van der Waals surface area contributed by atoms with Crippen molar-refractivity contribution in [2.75, 3.05) is 12.4 Å². The third-order valence-electron chi connectivity index (χ3n) is 2.88. The Bertz CT molecular complexity index is 770. The number of rotatable bonds is 5. The highest BCUT2D eigenvalue weighted by Crippen LogP contribution is 2.18. The molecule has 0 saturated heterocycles. The highest BCUT2D eigenvalue weighted by molar-refractivity contribution is 7.13. The zero-order valence-electron chi connectivity index (χ0n) is 12.1. The van der Waals surface area contributed by atoms with Crippen molar-refractivity contribution in [3.05, 3.63) is 35.6 Å². The Balaban J connectivity index is 1.57. The number of carbonyl (C=O) groups excluding carboxylic acids is 1. The van der Waals surface area contributed by atoms with Gasteiger partial charge in [0.05, 0.1) is 13.7 Å². The number of carbonyl (C=O) groups is 1. The highest BCUT2D eigenvalue weighted by atomic mass is 32.1. The fourth-order valence-corrected chi connectivity index (χ4v) is 2.22. The summed E-state index contributed by atoms with van der Waals surface area (Å²) in [5.74, 6) is 1.86. The molecule has 0 aliphatic carbocycles.